The largest absolute Gasteiger partial charge is 0.469 e. The van der Waals surface area contributed by atoms with E-state index in [-0.39, 0.29) is 41.7 Å². The number of allylic oxidation sites excluding steroid dienone is 1. The Kier molecular flexibility index (Phi) is 6.05. The lowest BCUT2D eigenvalue weighted by Crippen LogP contribution is -2.53. The van der Waals surface area contributed by atoms with Crippen molar-refractivity contribution in [2.75, 3.05) is 6.61 Å². The number of esters is 1. The minimum atomic E-state index is -0.949. The van der Waals surface area contributed by atoms with Crippen LogP contribution in [0.25, 0.3) is 0 Å². The highest BCUT2D eigenvalue weighted by atomic mass is 16.7. The van der Waals surface area contributed by atoms with Crippen molar-refractivity contribution in [2.45, 2.75) is 108 Å². The predicted molar refractivity (Wildman–Crippen MR) is 125 cm³/mol. The van der Waals surface area contributed by atoms with E-state index in [9.17, 15) is 20.1 Å². The summed E-state index contributed by atoms with van der Waals surface area (Å²) >= 11 is 0. The van der Waals surface area contributed by atoms with E-state index in [4.69, 9.17) is 23.7 Å². The van der Waals surface area contributed by atoms with E-state index in [2.05, 4.69) is 13.0 Å². The van der Waals surface area contributed by atoms with Crippen LogP contribution in [0.1, 0.15) is 59.3 Å². The van der Waals surface area contributed by atoms with Crippen LogP contribution >= 0.6 is 0 Å². The quantitative estimate of drug-likeness (QED) is 0.381. The fourth-order valence-electron chi connectivity index (χ4n) is 7.69. The van der Waals surface area contributed by atoms with Gasteiger partial charge in [0.05, 0.1) is 49.1 Å². The standard InChI is InChI=1S/C27H38O9/c1-13-24(30)18(28)9-22(34-13)35-20-8-15-5-6-16-17(26(15,2)10-19(20)29)7-4-14-11-32-27(3)23(14)21(12-33-27)36-25(16)31/h5,11,13,16-24,28-30H,4,6-10,12H2,1-3H3. The Morgan fingerprint density at radius 2 is 1.97 bits per heavy atom. The Hall–Kier alpha value is -1.49. The normalized spacial score (nSPS) is 52.3. The first-order chi connectivity index (χ1) is 17.1. The first kappa shape index (κ1) is 24.8. The Labute approximate surface area is 211 Å². The van der Waals surface area contributed by atoms with Crippen molar-refractivity contribution in [3.63, 3.8) is 0 Å². The van der Waals surface area contributed by atoms with Crippen LogP contribution in [0.2, 0.25) is 0 Å². The van der Waals surface area contributed by atoms with Crippen LogP contribution in [0.4, 0.5) is 0 Å². The fourth-order valence-corrected chi connectivity index (χ4v) is 7.69. The molecule has 9 nitrogen and oxygen atoms in total. The lowest BCUT2D eigenvalue weighted by Gasteiger charge is -2.52. The van der Waals surface area contributed by atoms with E-state index in [1.165, 1.54) is 5.57 Å². The lowest BCUT2D eigenvalue weighted by atomic mass is 9.55. The molecule has 0 aromatic rings. The molecule has 0 amide bonds. The van der Waals surface area contributed by atoms with Gasteiger partial charge in [-0.1, -0.05) is 18.6 Å². The summed E-state index contributed by atoms with van der Waals surface area (Å²) in [4.78, 5) is 13.4. The zero-order valence-corrected chi connectivity index (χ0v) is 21.2. The zero-order chi connectivity index (χ0) is 25.4. The summed E-state index contributed by atoms with van der Waals surface area (Å²) in [6.07, 6.45) is 2.61. The van der Waals surface area contributed by atoms with Crippen LogP contribution in [0.5, 0.6) is 0 Å². The molecule has 0 aromatic heterocycles. The van der Waals surface area contributed by atoms with Crippen LogP contribution in [-0.4, -0.2) is 76.6 Å². The molecule has 3 N–H and O–H groups in total. The Morgan fingerprint density at radius 1 is 1.17 bits per heavy atom. The van der Waals surface area contributed by atoms with Gasteiger partial charge in [0.1, 0.15) is 12.2 Å². The minimum Gasteiger partial charge on any atom is -0.469 e. The molecule has 4 fully saturated rings. The van der Waals surface area contributed by atoms with Crippen LogP contribution in [-0.2, 0) is 28.5 Å². The van der Waals surface area contributed by atoms with E-state index in [0.717, 1.165) is 18.4 Å². The molecule has 12 unspecified atom stereocenters. The molecule has 9 heteroatoms. The summed E-state index contributed by atoms with van der Waals surface area (Å²) in [7, 11) is 0. The number of carbonyl (C=O) groups excluding carboxylic acids is 1. The van der Waals surface area contributed by atoms with Crippen LogP contribution < -0.4 is 0 Å². The summed E-state index contributed by atoms with van der Waals surface area (Å²) < 4.78 is 29.7. The SMILES string of the molecule is CC1OC(OC2CC3=CCC4C(=O)OC5COC6(C)OC=C(CCC4C3(C)CC2O)C56)CC(O)C1O. The summed E-state index contributed by atoms with van der Waals surface area (Å²) in [5, 5.41) is 31.3. The number of carbonyl (C=O) groups is 1. The molecule has 0 spiro atoms. The molecule has 2 aliphatic carbocycles. The molecule has 3 saturated heterocycles. The van der Waals surface area contributed by atoms with Crippen LogP contribution in [0.15, 0.2) is 23.5 Å². The highest BCUT2D eigenvalue weighted by Crippen LogP contribution is 2.57. The van der Waals surface area contributed by atoms with Crippen molar-refractivity contribution in [2.24, 2.45) is 23.2 Å². The van der Waals surface area contributed by atoms with Gasteiger partial charge in [0, 0.05) is 13.3 Å². The average molecular weight is 507 g/mol. The third-order valence-corrected chi connectivity index (χ3v) is 9.77. The minimum absolute atomic E-state index is 0.0241. The number of aliphatic hydroxyl groups excluding tert-OH is 3. The Morgan fingerprint density at radius 3 is 2.75 bits per heavy atom. The second-order valence-corrected chi connectivity index (χ2v) is 11.9. The van der Waals surface area contributed by atoms with Gasteiger partial charge in [0.25, 0.3) is 0 Å². The molecule has 200 valence electrons. The number of hydrogen-bond donors (Lipinski definition) is 3. The molecule has 4 aliphatic heterocycles. The first-order valence-electron chi connectivity index (χ1n) is 13.3. The van der Waals surface area contributed by atoms with Crippen LogP contribution in [0, 0.1) is 23.2 Å². The topological polar surface area (TPSA) is 124 Å². The maximum absolute atomic E-state index is 13.4. The smallest absolute Gasteiger partial charge is 0.309 e. The van der Waals surface area contributed by atoms with Gasteiger partial charge in [0.2, 0.25) is 5.79 Å². The van der Waals surface area contributed by atoms with E-state index in [1.54, 1.807) is 13.2 Å². The van der Waals surface area contributed by atoms with Crippen molar-refractivity contribution in [1.29, 1.82) is 0 Å². The van der Waals surface area contributed by atoms with E-state index < -0.39 is 42.6 Å². The monoisotopic (exact) mass is 506 g/mol. The van der Waals surface area contributed by atoms with Crippen molar-refractivity contribution in [1.82, 2.24) is 0 Å². The number of hydrogen-bond acceptors (Lipinski definition) is 9. The summed E-state index contributed by atoms with van der Waals surface area (Å²) in [5.41, 5.74) is 1.97. The summed E-state index contributed by atoms with van der Waals surface area (Å²) in [6.45, 7) is 6.11. The van der Waals surface area contributed by atoms with E-state index in [1.807, 2.05) is 6.92 Å². The van der Waals surface area contributed by atoms with Crippen molar-refractivity contribution in [3.05, 3.63) is 23.5 Å². The molecule has 6 rings (SSSR count). The second-order valence-electron chi connectivity index (χ2n) is 11.9. The van der Waals surface area contributed by atoms with Gasteiger partial charge in [-0.3, -0.25) is 4.79 Å². The molecule has 0 bridgehead atoms. The van der Waals surface area contributed by atoms with Crippen molar-refractivity contribution < 1.29 is 43.8 Å². The Bertz CT molecular complexity index is 951. The Balaban J connectivity index is 1.21. The van der Waals surface area contributed by atoms with Gasteiger partial charge >= 0.3 is 5.97 Å². The second kappa shape index (κ2) is 8.78. The van der Waals surface area contributed by atoms with Gasteiger partial charge in [-0.05, 0) is 55.9 Å². The summed E-state index contributed by atoms with van der Waals surface area (Å²) in [6, 6.07) is 0. The number of fused-ring (bicyclic) bond motifs is 3. The molecule has 4 heterocycles. The van der Waals surface area contributed by atoms with E-state index in [0.29, 0.717) is 25.9 Å². The van der Waals surface area contributed by atoms with Gasteiger partial charge in [0.15, 0.2) is 6.29 Å². The van der Waals surface area contributed by atoms with Gasteiger partial charge < -0.3 is 39.0 Å². The number of rotatable bonds is 2. The zero-order valence-electron chi connectivity index (χ0n) is 21.2. The van der Waals surface area contributed by atoms with E-state index >= 15 is 0 Å². The van der Waals surface area contributed by atoms with Gasteiger partial charge in [-0.25, -0.2) is 0 Å². The molecule has 6 aliphatic rings. The van der Waals surface area contributed by atoms with Crippen molar-refractivity contribution >= 4 is 5.97 Å². The average Bonchev–Trinajstić information content (AvgIpc) is 3.33. The lowest BCUT2D eigenvalue weighted by molar-refractivity contribution is -0.272. The molecular weight excluding hydrogens is 468 g/mol. The van der Waals surface area contributed by atoms with Crippen LogP contribution in [0.3, 0.4) is 0 Å². The molecule has 0 radical (unpaired) electrons. The third kappa shape index (κ3) is 3.85. The highest BCUT2D eigenvalue weighted by Gasteiger charge is 2.58. The van der Waals surface area contributed by atoms with Crippen molar-refractivity contribution in [3.8, 4) is 0 Å². The number of ether oxygens (including phenoxy) is 5. The molecule has 36 heavy (non-hydrogen) atoms. The maximum atomic E-state index is 13.4. The van der Waals surface area contributed by atoms with Gasteiger partial charge in [-0.2, -0.15) is 0 Å². The number of aliphatic hydroxyl groups is 3. The third-order valence-electron chi connectivity index (χ3n) is 9.77. The molecule has 0 aromatic carbocycles. The first-order valence-corrected chi connectivity index (χ1v) is 13.3. The molecule has 1 saturated carbocycles. The maximum Gasteiger partial charge on any atom is 0.309 e. The molecule has 12 atom stereocenters. The van der Waals surface area contributed by atoms with Gasteiger partial charge in [-0.15, -0.1) is 0 Å². The predicted octanol–water partition coefficient (Wildman–Crippen LogP) is 1.93. The molecular formula is C27H38O9. The highest BCUT2D eigenvalue weighted by molar-refractivity contribution is 5.74. The fraction of sp³-hybridized carbons (Fsp3) is 0.815. The summed E-state index contributed by atoms with van der Waals surface area (Å²) in [5.74, 6) is -1.28.